The Bertz CT molecular complexity index is 1810. The lowest BCUT2D eigenvalue weighted by Crippen LogP contribution is -2.60. The maximum atomic E-state index is 14.7. The molecule has 5 rings (SSSR count). The van der Waals surface area contributed by atoms with E-state index in [4.69, 9.17) is 35.3 Å². The zero-order valence-electron chi connectivity index (χ0n) is 36.4. The minimum atomic E-state index is -1.42. The third-order valence-electron chi connectivity index (χ3n) is 12.9. The van der Waals surface area contributed by atoms with Gasteiger partial charge in [-0.25, -0.2) is 14.8 Å². The van der Waals surface area contributed by atoms with Gasteiger partial charge in [0.15, 0.2) is 17.7 Å². The largest absolute Gasteiger partial charge is 0.458 e. The van der Waals surface area contributed by atoms with Crippen molar-refractivity contribution in [3.05, 3.63) is 36.0 Å². The second kappa shape index (κ2) is 19.1. The lowest BCUT2D eigenvalue weighted by atomic mass is 9.73. The zero-order chi connectivity index (χ0) is 43.6. The normalized spacial score (nSPS) is 36.3. The van der Waals surface area contributed by atoms with Gasteiger partial charge in [0.25, 0.3) is 0 Å². The van der Waals surface area contributed by atoms with Crippen molar-refractivity contribution in [2.45, 2.75) is 148 Å². The number of carbonyl (C=O) groups is 4. The van der Waals surface area contributed by atoms with E-state index in [0.29, 0.717) is 36.7 Å². The van der Waals surface area contributed by atoms with Crippen LogP contribution in [0.25, 0.3) is 11.3 Å². The van der Waals surface area contributed by atoms with Gasteiger partial charge in [0.2, 0.25) is 0 Å². The molecule has 3 aliphatic rings. The molecule has 2 aromatic rings. The number of hydrogen-bond acceptors (Lipinski definition) is 13. The predicted molar refractivity (Wildman–Crippen MR) is 219 cm³/mol. The van der Waals surface area contributed by atoms with Crippen molar-refractivity contribution in [3.8, 4) is 11.3 Å². The van der Waals surface area contributed by atoms with Crippen molar-refractivity contribution >= 4 is 35.2 Å². The number of methoxy groups -OCH3 is 1. The highest BCUT2D eigenvalue weighted by Crippen LogP contribution is 2.43. The van der Waals surface area contributed by atoms with Crippen LogP contribution in [0.15, 0.2) is 30.9 Å². The minimum absolute atomic E-state index is 0.121. The number of hydrogen-bond donors (Lipinski definition) is 1. The molecular formula is C43H64ClN5O10. The lowest BCUT2D eigenvalue weighted by Gasteiger charge is -2.47. The summed E-state index contributed by atoms with van der Waals surface area (Å²) in [5, 5.41) is 11.8. The van der Waals surface area contributed by atoms with Crippen LogP contribution in [0, 0.1) is 23.7 Å². The van der Waals surface area contributed by atoms with E-state index >= 15 is 0 Å². The summed E-state index contributed by atoms with van der Waals surface area (Å²) in [6.45, 7) is 14.8. The van der Waals surface area contributed by atoms with Gasteiger partial charge in [-0.2, -0.15) is 0 Å². The first kappa shape index (κ1) is 46.6. The summed E-state index contributed by atoms with van der Waals surface area (Å²) in [6.07, 6.45) is 2.35. The average Bonchev–Trinajstić information content (AvgIpc) is 3.77. The van der Waals surface area contributed by atoms with E-state index in [1.165, 1.54) is 14.0 Å². The maximum Gasteiger partial charge on any atom is 0.410 e. The van der Waals surface area contributed by atoms with E-state index in [9.17, 15) is 24.3 Å². The number of pyridine rings is 1. The third kappa shape index (κ3) is 9.70. The number of esters is 1. The molecule has 0 aromatic carbocycles. The molecule has 3 saturated heterocycles. The lowest BCUT2D eigenvalue weighted by molar-refractivity contribution is -0.295. The van der Waals surface area contributed by atoms with E-state index in [-0.39, 0.29) is 37.3 Å². The number of Topliss-reactive ketones (excluding diaryl/α,β-unsaturated/α-hetero) is 2. The summed E-state index contributed by atoms with van der Waals surface area (Å²) < 4.78 is 33.2. The van der Waals surface area contributed by atoms with Crippen molar-refractivity contribution in [2.24, 2.45) is 23.7 Å². The second-order valence-electron chi connectivity index (χ2n) is 17.4. The fourth-order valence-electron chi connectivity index (χ4n) is 9.48. The molecule has 0 saturated carbocycles. The highest BCUT2D eigenvalue weighted by molar-refractivity contribution is 6.32. The number of halogens is 1. The standard InChI is InChI=1S/C43H64ClN5O10/c1-12-32-43(8)36(49(41(54)59-43)19-14-13-18-48-22-30(46-23-48)29-16-15-17-45-38(29)44)26(4)33(50)24(2)21-42(7,55-11)37(27(5)34(51)28(6)39(53)57-32)58-40-35(52)31(47(9)10)20-25(3)56-40/h15-17,22-28,31-32,35-37,40,52H,12-14,18-21H2,1-11H3/t24-,25-,26-,27+,28-,31+,32+,35-,36-,37?,40?,42+,43-/m1/s1. The smallest absolute Gasteiger partial charge is 0.410 e. The van der Waals surface area contributed by atoms with Gasteiger partial charge in [-0.15, -0.1) is 0 Å². The summed E-state index contributed by atoms with van der Waals surface area (Å²) in [6, 6.07) is 2.56. The predicted octanol–water partition coefficient (Wildman–Crippen LogP) is 5.58. The molecular weight excluding hydrogens is 782 g/mol. The average molecular weight is 846 g/mol. The quantitative estimate of drug-likeness (QED) is 0.129. The molecule has 1 amide bonds. The number of ketones is 2. The molecule has 3 aliphatic heterocycles. The number of likely N-dealkylation sites (N-methyl/N-ethyl adjacent to an activating group) is 1. The minimum Gasteiger partial charge on any atom is -0.458 e. The number of imidazole rings is 1. The first-order valence-electron chi connectivity index (χ1n) is 20.9. The molecule has 0 radical (unpaired) electrons. The number of nitrogens with zero attached hydrogens (tertiary/aromatic N) is 5. The summed E-state index contributed by atoms with van der Waals surface area (Å²) in [5.74, 6) is -5.02. The number of aromatic nitrogens is 3. The molecule has 328 valence electrons. The van der Waals surface area contributed by atoms with E-state index in [1.807, 2.05) is 49.7 Å². The molecule has 2 unspecified atom stereocenters. The van der Waals surface area contributed by atoms with Crippen molar-refractivity contribution in [1.29, 1.82) is 0 Å². The summed E-state index contributed by atoms with van der Waals surface area (Å²) in [4.78, 5) is 69.0. The number of aryl methyl sites for hydroxylation is 1. The Kier molecular flexibility index (Phi) is 15.1. The van der Waals surface area contributed by atoms with Gasteiger partial charge in [0, 0.05) is 62.0 Å². The highest BCUT2D eigenvalue weighted by atomic mass is 35.5. The zero-order valence-corrected chi connectivity index (χ0v) is 37.2. The summed E-state index contributed by atoms with van der Waals surface area (Å²) in [7, 11) is 5.23. The summed E-state index contributed by atoms with van der Waals surface area (Å²) in [5.41, 5.74) is -1.27. The van der Waals surface area contributed by atoms with E-state index < -0.39 is 83.4 Å². The van der Waals surface area contributed by atoms with Gasteiger partial charge in [-0.1, -0.05) is 39.3 Å². The number of ether oxygens (including phenoxy) is 5. The Morgan fingerprint density at radius 2 is 1.71 bits per heavy atom. The van der Waals surface area contributed by atoms with Crippen molar-refractivity contribution in [1.82, 2.24) is 24.3 Å². The van der Waals surface area contributed by atoms with Gasteiger partial charge < -0.3 is 43.2 Å². The molecule has 1 N–H and O–H groups in total. The monoisotopic (exact) mass is 845 g/mol. The molecule has 0 aliphatic carbocycles. The van der Waals surface area contributed by atoms with Gasteiger partial charge in [-0.05, 0) is 86.0 Å². The molecule has 2 aromatic heterocycles. The highest BCUT2D eigenvalue weighted by Gasteiger charge is 2.60. The number of fused-ring (bicyclic) bond motifs is 1. The maximum absolute atomic E-state index is 14.7. The van der Waals surface area contributed by atoms with Crippen LogP contribution in [0.2, 0.25) is 5.15 Å². The third-order valence-corrected chi connectivity index (χ3v) is 13.2. The van der Waals surface area contributed by atoms with Gasteiger partial charge in [0.05, 0.1) is 35.9 Å². The van der Waals surface area contributed by atoms with Crippen LogP contribution in [-0.4, -0.2) is 135 Å². The Morgan fingerprint density at radius 3 is 2.36 bits per heavy atom. The number of aliphatic hydroxyl groups excluding tert-OH is 1. The number of carbonyl (C=O) groups excluding carboxylic acids is 4. The van der Waals surface area contributed by atoms with E-state index in [2.05, 4.69) is 9.97 Å². The van der Waals surface area contributed by atoms with Crippen LogP contribution in [0.3, 0.4) is 0 Å². The van der Waals surface area contributed by atoms with Crippen LogP contribution >= 0.6 is 11.6 Å². The number of aliphatic hydroxyl groups is 1. The number of cyclic esters (lactones) is 1. The molecule has 16 heteroatoms. The van der Waals surface area contributed by atoms with Crippen LogP contribution in [0.1, 0.15) is 87.5 Å². The molecule has 15 nitrogen and oxygen atoms in total. The van der Waals surface area contributed by atoms with Gasteiger partial charge in [0.1, 0.15) is 29.1 Å². The number of unbranched alkanes of at least 4 members (excludes halogenated alkanes) is 1. The second-order valence-corrected chi connectivity index (χ2v) is 17.8. The van der Waals surface area contributed by atoms with Crippen LogP contribution in [-0.2, 0) is 44.6 Å². The number of rotatable bonds is 11. The Morgan fingerprint density at radius 1 is 1.02 bits per heavy atom. The molecule has 13 atom stereocenters. The van der Waals surface area contributed by atoms with Crippen LogP contribution in [0.5, 0.6) is 0 Å². The molecule has 5 heterocycles. The van der Waals surface area contributed by atoms with Crippen molar-refractivity contribution < 1.29 is 48.0 Å². The molecule has 0 bridgehead atoms. The molecule has 59 heavy (non-hydrogen) atoms. The first-order valence-corrected chi connectivity index (χ1v) is 21.3. The fraction of sp³-hybridized carbons (Fsp3) is 0.721. The fourth-order valence-corrected chi connectivity index (χ4v) is 9.70. The Labute approximate surface area is 353 Å². The Balaban J connectivity index is 1.43. The summed E-state index contributed by atoms with van der Waals surface area (Å²) >= 11 is 6.28. The Hall–Kier alpha value is -3.47. The van der Waals surface area contributed by atoms with E-state index in [0.717, 1.165) is 5.56 Å². The van der Waals surface area contributed by atoms with Crippen LogP contribution in [0.4, 0.5) is 4.79 Å². The topological polar surface area (TPSA) is 172 Å². The molecule has 0 spiro atoms. The van der Waals surface area contributed by atoms with Crippen molar-refractivity contribution in [3.63, 3.8) is 0 Å². The van der Waals surface area contributed by atoms with Crippen LogP contribution < -0.4 is 0 Å². The molecule has 3 fully saturated rings. The van der Waals surface area contributed by atoms with E-state index in [1.54, 1.807) is 58.1 Å². The SMILES string of the molecule is CC[C@@H]1OC(=O)[C@H](C)C(=O)[C@H](C)C(OC2O[C@H](C)C[C@H](N(C)C)[C@H]2O)[C@@](C)(OC)C[C@@H](C)C(=O)[C@@H](C)[C@H]2N(CCCCn3cnc(-c4cccnc4Cl)c3)C(=O)O[C@]12C. The number of amides is 1. The first-order chi connectivity index (χ1) is 27.8. The van der Waals surface area contributed by atoms with Gasteiger partial charge in [-0.3, -0.25) is 14.4 Å². The van der Waals surface area contributed by atoms with Gasteiger partial charge >= 0.3 is 12.1 Å². The van der Waals surface area contributed by atoms with Crippen molar-refractivity contribution in [2.75, 3.05) is 27.7 Å².